The van der Waals surface area contributed by atoms with E-state index in [0.29, 0.717) is 43.7 Å². The number of hydrogen-bond acceptors (Lipinski definition) is 2. The van der Waals surface area contributed by atoms with Gasteiger partial charge in [0.05, 0.1) is 23.3 Å². The quantitative estimate of drug-likeness (QED) is 0.496. The number of hydrogen-bond donors (Lipinski definition) is 2. The van der Waals surface area contributed by atoms with Crippen LogP contribution in [0, 0.1) is 5.41 Å². The number of aromatic amines is 1. The van der Waals surface area contributed by atoms with E-state index in [4.69, 9.17) is 4.74 Å². The fraction of sp³-hybridized carbons (Fsp3) is 0.348. The third kappa shape index (κ3) is 3.54. The van der Waals surface area contributed by atoms with Crippen LogP contribution in [-0.2, 0) is 17.4 Å². The van der Waals surface area contributed by atoms with Gasteiger partial charge in [-0.05, 0) is 55.2 Å². The van der Waals surface area contributed by atoms with Crippen LogP contribution in [0.5, 0.6) is 5.75 Å². The summed E-state index contributed by atoms with van der Waals surface area (Å²) in [4.78, 5) is 15.6. The first-order chi connectivity index (χ1) is 14.7. The molecule has 1 heterocycles. The lowest BCUT2D eigenvalue weighted by Crippen LogP contribution is -2.68. The summed E-state index contributed by atoms with van der Waals surface area (Å²) in [7, 11) is 0. The Kier molecular flexibility index (Phi) is 4.32. The molecule has 162 valence electrons. The molecular formula is C23H20F4N2O2. The van der Waals surface area contributed by atoms with Crippen molar-refractivity contribution in [2.75, 3.05) is 11.9 Å². The Bertz CT molecular complexity index is 1130. The Labute approximate surface area is 175 Å². The fourth-order valence-electron chi connectivity index (χ4n) is 4.60. The van der Waals surface area contributed by atoms with Gasteiger partial charge >= 0.3 is 6.18 Å². The second-order valence-electron chi connectivity index (χ2n) is 8.62. The van der Waals surface area contributed by atoms with Crippen LogP contribution in [-0.4, -0.2) is 23.2 Å². The lowest BCUT2D eigenvalue weighted by atomic mass is 9.42. The first kappa shape index (κ1) is 19.9. The normalized spacial score (nSPS) is 24.4. The summed E-state index contributed by atoms with van der Waals surface area (Å²) in [6, 6.07) is 10.4. The topological polar surface area (TPSA) is 54.1 Å². The average Bonchev–Trinajstić information content (AvgIpc) is 3.06. The van der Waals surface area contributed by atoms with Gasteiger partial charge in [-0.3, -0.25) is 4.79 Å². The highest BCUT2D eigenvalue weighted by Gasteiger charge is 2.72. The summed E-state index contributed by atoms with van der Waals surface area (Å²) in [5, 5.41) is 3.68. The molecule has 0 spiro atoms. The Morgan fingerprint density at radius 3 is 2.45 bits per heavy atom. The van der Waals surface area contributed by atoms with Crippen molar-refractivity contribution in [1.29, 1.82) is 0 Å². The van der Waals surface area contributed by atoms with Crippen molar-refractivity contribution in [2.45, 2.75) is 37.5 Å². The number of H-pyrrole nitrogens is 1. The molecule has 2 N–H and O–H groups in total. The van der Waals surface area contributed by atoms with Crippen molar-refractivity contribution >= 4 is 22.5 Å². The van der Waals surface area contributed by atoms with E-state index in [9.17, 15) is 22.4 Å². The number of aromatic nitrogens is 1. The maximum Gasteiger partial charge on any atom is 0.416 e. The minimum Gasteiger partial charge on any atom is -0.493 e. The number of carbonyl (C=O) groups excluding carboxylic acids is 1. The van der Waals surface area contributed by atoms with Gasteiger partial charge in [0.15, 0.2) is 0 Å². The van der Waals surface area contributed by atoms with Gasteiger partial charge in [0.1, 0.15) is 11.4 Å². The van der Waals surface area contributed by atoms with E-state index in [1.165, 1.54) is 12.1 Å². The Hall–Kier alpha value is -3.03. The van der Waals surface area contributed by atoms with Crippen LogP contribution in [0.15, 0.2) is 48.7 Å². The average molecular weight is 432 g/mol. The highest BCUT2D eigenvalue weighted by Crippen LogP contribution is 2.69. The molecule has 0 aliphatic heterocycles. The van der Waals surface area contributed by atoms with Crippen molar-refractivity contribution in [3.05, 3.63) is 59.8 Å². The molecule has 0 unspecified atom stereocenters. The fourth-order valence-corrected chi connectivity index (χ4v) is 4.60. The number of amides is 1. The standard InChI is InChI=1S/C23H20F4N2O2/c24-22-11-21(12-22,13-22)20(30)29-19-10-28-18-6-5-16(9-17(18)19)31-8-7-14-1-3-15(4-2-14)23(25,26)27/h1-6,9-10,28H,7-8,11-13H2,(H,29,30). The molecule has 3 aliphatic carbocycles. The Morgan fingerprint density at radius 1 is 1.10 bits per heavy atom. The maximum absolute atomic E-state index is 13.7. The van der Waals surface area contributed by atoms with Gasteiger partial charge in [0.2, 0.25) is 5.91 Å². The number of carbonyl (C=O) groups is 1. The third-order valence-corrected chi connectivity index (χ3v) is 6.29. The number of alkyl halides is 4. The highest BCUT2D eigenvalue weighted by molar-refractivity contribution is 6.05. The van der Waals surface area contributed by atoms with Crippen molar-refractivity contribution < 1.29 is 27.1 Å². The van der Waals surface area contributed by atoms with Crippen LogP contribution in [0.1, 0.15) is 30.4 Å². The number of halogens is 4. The lowest BCUT2D eigenvalue weighted by Gasteiger charge is -2.64. The summed E-state index contributed by atoms with van der Waals surface area (Å²) in [5.41, 5.74) is -0.187. The van der Waals surface area contributed by atoms with Crippen LogP contribution in [0.3, 0.4) is 0 Å². The van der Waals surface area contributed by atoms with Gasteiger partial charge in [0.25, 0.3) is 0 Å². The predicted octanol–water partition coefficient (Wildman–Crippen LogP) is 5.64. The minimum atomic E-state index is -4.35. The molecule has 0 atom stereocenters. The predicted molar refractivity (Wildman–Crippen MR) is 108 cm³/mol. The van der Waals surface area contributed by atoms with E-state index in [1.807, 2.05) is 6.07 Å². The van der Waals surface area contributed by atoms with Gasteiger partial charge in [-0.1, -0.05) is 12.1 Å². The number of fused-ring (bicyclic) bond motifs is 1. The van der Waals surface area contributed by atoms with E-state index >= 15 is 0 Å². The Morgan fingerprint density at radius 2 is 1.81 bits per heavy atom. The molecule has 2 bridgehead atoms. The number of benzene rings is 2. The third-order valence-electron chi connectivity index (χ3n) is 6.29. The van der Waals surface area contributed by atoms with E-state index in [1.54, 1.807) is 18.3 Å². The largest absolute Gasteiger partial charge is 0.493 e. The van der Waals surface area contributed by atoms with E-state index in [-0.39, 0.29) is 5.91 Å². The van der Waals surface area contributed by atoms with Crippen molar-refractivity contribution in [2.24, 2.45) is 5.41 Å². The van der Waals surface area contributed by atoms with Crippen LogP contribution < -0.4 is 10.1 Å². The van der Waals surface area contributed by atoms with Gasteiger partial charge in [-0.25, -0.2) is 4.39 Å². The van der Waals surface area contributed by atoms with Crippen molar-refractivity contribution in [1.82, 2.24) is 4.98 Å². The van der Waals surface area contributed by atoms with Gasteiger partial charge in [-0.15, -0.1) is 0 Å². The van der Waals surface area contributed by atoms with Crippen LogP contribution in [0.2, 0.25) is 0 Å². The van der Waals surface area contributed by atoms with Crippen molar-refractivity contribution in [3.8, 4) is 5.75 Å². The molecular weight excluding hydrogens is 412 g/mol. The summed E-state index contributed by atoms with van der Waals surface area (Å²) in [6.07, 6.45) is -1.29. The molecule has 3 aromatic rings. The molecule has 31 heavy (non-hydrogen) atoms. The number of nitrogens with one attached hydrogen (secondary N) is 2. The zero-order valence-corrected chi connectivity index (χ0v) is 16.5. The van der Waals surface area contributed by atoms with Gasteiger partial charge < -0.3 is 15.0 Å². The molecule has 4 nitrogen and oxygen atoms in total. The summed E-state index contributed by atoms with van der Waals surface area (Å²) < 4.78 is 57.4. The smallest absolute Gasteiger partial charge is 0.416 e. The molecule has 1 amide bonds. The van der Waals surface area contributed by atoms with Crippen molar-refractivity contribution in [3.63, 3.8) is 0 Å². The molecule has 1 aromatic heterocycles. The molecule has 3 fully saturated rings. The number of rotatable bonds is 6. The van der Waals surface area contributed by atoms with E-state index in [2.05, 4.69) is 10.3 Å². The molecule has 3 saturated carbocycles. The second kappa shape index (κ2) is 6.73. The van der Waals surface area contributed by atoms with Gasteiger partial charge in [-0.2, -0.15) is 13.2 Å². The van der Waals surface area contributed by atoms with Crippen LogP contribution in [0.25, 0.3) is 10.9 Å². The monoisotopic (exact) mass is 432 g/mol. The number of ether oxygens (including phenoxy) is 1. The van der Waals surface area contributed by atoms with Crippen LogP contribution >= 0.6 is 0 Å². The molecule has 6 rings (SSSR count). The first-order valence-corrected chi connectivity index (χ1v) is 10.1. The second-order valence-corrected chi connectivity index (χ2v) is 8.62. The molecule has 8 heteroatoms. The summed E-state index contributed by atoms with van der Waals surface area (Å²) >= 11 is 0. The zero-order chi connectivity index (χ0) is 21.9. The Balaban J connectivity index is 1.22. The molecule has 0 radical (unpaired) electrons. The maximum atomic E-state index is 13.7. The SMILES string of the molecule is O=C(Nc1c[nH]c2ccc(OCCc3ccc(C(F)(F)F)cc3)cc12)C12CC(F)(C1)C2. The molecule has 3 aliphatic rings. The highest BCUT2D eigenvalue weighted by atomic mass is 19.4. The van der Waals surface area contributed by atoms with E-state index in [0.717, 1.165) is 28.6 Å². The van der Waals surface area contributed by atoms with Gasteiger partial charge in [0, 0.05) is 23.5 Å². The first-order valence-electron chi connectivity index (χ1n) is 10.1. The summed E-state index contributed by atoms with van der Waals surface area (Å²) in [5.74, 6) is 0.435. The lowest BCUT2D eigenvalue weighted by molar-refractivity contribution is -0.209. The minimum absolute atomic E-state index is 0.151. The summed E-state index contributed by atoms with van der Waals surface area (Å²) in [6.45, 7) is 0.296. The number of anilines is 1. The van der Waals surface area contributed by atoms with E-state index < -0.39 is 22.8 Å². The zero-order valence-electron chi connectivity index (χ0n) is 16.5. The molecule has 2 aromatic carbocycles. The molecule has 0 saturated heterocycles. The van der Waals surface area contributed by atoms with Crippen LogP contribution in [0.4, 0.5) is 23.2 Å².